The Morgan fingerprint density at radius 2 is 1.53 bits per heavy atom. The number of hydrogen-bond donors (Lipinski definition) is 3. The van der Waals surface area contributed by atoms with Crippen LogP contribution in [0.4, 0.5) is 0 Å². The Morgan fingerprint density at radius 3 is 1.87 bits per heavy atom. The minimum atomic E-state index is 0.0317. The molecular weight excluding hydrogens is 186 g/mol. The van der Waals surface area contributed by atoms with Gasteiger partial charge in [0.2, 0.25) is 0 Å². The maximum absolute atomic E-state index is 6.11. The lowest BCUT2D eigenvalue weighted by Gasteiger charge is -2.41. The molecule has 0 aliphatic rings. The van der Waals surface area contributed by atoms with Crippen LogP contribution in [0.15, 0.2) is 0 Å². The van der Waals surface area contributed by atoms with Crippen LogP contribution in [0.2, 0.25) is 0 Å². The molecule has 6 N–H and O–H groups in total. The second-order valence-electron chi connectivity index (χ2n) is 4.81. The standard InChI is InChI=1S/C12H29N3/c1-4-5-6-7-12(8-9-13,10(2)14)11(3)15/h10-11H,4-9,13-15H2,1-3H3. The fourth-order valence-electron chi connectivity index (χ4n) is 2.42. The number of rotatable bonds is 8. The largest absolute Gasteiger partial charge is 0.330 e. The van der Waals surface area contributed by atoms with Crippen molar-refractivity contribution in [3.63, 3.8) is 0 Å². The Kier molecular flexibility index (Phi) is 7.14. The molecule has 92 valence electrons. The van der Waals surface area contributed by atoms with Gasteiger partial charge in [-0.25, -0.2) is 0 Å². The van der Waals surface area contributed by atoms with Crippen LogP contribution in [-0.2, 0) is 0 Å². The van der Waals surface area contributed by atoms with E-state index in [1.807, 2.05) is 0 Å². The van der Waals surface area contributed by atoms with E-state index in [2.05, 4.69) is 20.8 Å². The van der Waals surface area contributed by atoms with Crippen LogP contribution in [0.1, 0.15) is 52.9 Å². The summed E-state index contributed by atoms with van der Waals surface area (Å²) in [4.78, 5) is 0. The highest BCUT2D eigenvalue weighted by molar-refractivity contribution is 4.93. The minimum Gasteiger partial charge on any atom is -0.330 e. The highest BCUT2D eigenvalue weighted by Crippen LogP contribution is 2.34. The van der Waals surface area contributed by atoms with Gasteiger partial charge in [0.05, 0.1) is 0 Å². The van der Waals surface area contributed by atoms with E-state index >= 15 is 0 Å². The molecule has 0 radical (unpaired) electrons. The summed E-state index contributed by atoms with van der Waals surface area (Å²) < 4.78 is 0. The maximum atomic E-state index is 6.11. The van der Waals surface area contributed by atoms with Crippen LogP contribution in [0.25, 0.3) is 0 Å². The fourth-order valence-corrected chi connectivity index (χ4v) is 2.42. The summed E-state index contributed by atoms with van der Waals surface area (Å²) in [5.74, 6) is 0. The molecule has 3 nitrogen and oxygen atoms in total. The van der Waals surface area contributed by atoms with Crippen molar-refractivity contribution in [1.29, 1.82) is 0 Å². The van der Waals surface area contributed by atoms with Gasteiger partial charge < -0.3 is 17.2 Å². The van der Waals surface area contributed by atoms with Crippen molar-refractivity contribution in [1.82, 2.24) is 0 Å². The SMILES string of the molecule is CCCCCC(CCN)(C(C)N)C(C)N. The molecule has 0 saturated heterocycles. The predicted molar refractivity (Wildman–Crippen MR) is 67.5 cm³/mol. The second kappa shape index (κ2) is 7.20. The molecule has 15 heavy (non-hydrogen) atoms. The van der Waals surface area contributed by atoms with Gasteiger partial charge in [-0.05, 0) is 33.2 Å². The van der Waals surface area contributed by atoms with E-state index in [0.717, 1.165) is 12.8 Å². The third-order valence-electron chi connectivity index (χ3n) is 3.67. The average Bonchev–Trinajstić information content (AvgIpc) is 2.15. The first-order valence-corrected chi connectivity index (χ1v) is 6.22. The van der Waals surface area contributed by atoms with E-state index in [9.17, 15) is 0 Å². The van der Waals surface area contributed by atoms with Crippen molar-refractivity contribution in [3.8, 4) is 0 Å². The summed E-state index contributed by atoms with van der Waals surface area (Å²) in [6, 6.07) is 0.246. The van der Waals surface area contributed by atoms with Crippen LogP contribution in [0.5, 0.6) is 0 Å². The second-order valence-corrected chi connectivity index (χ2v) is 4.81. The predicted octanol–water partition coefficient (Wildman–Crippen LogP) is 1.60. The Labute approximate surface area is 94.8 Å². The van der Waals surface area contributed by atoms with E-state index in [1.54, 1.807) is 0 Å². The van der Waals surface area contributed by atoms with E-state index in [1.165, 1.54) is 19.3 Å². The van der Waals surface area contributed by atoms with Crippen LogP contribution in [0.3, 0.4) is 0 Å². The lowest BCUT2D eigenvalue weighted by molar-refractivity contribution is 0.154. The van der Waals surface area contributed by atoms with Gasteiger partial charge in [0.1, 0.15) is 0 Å². The van der Waals surface area contributed by atoms with Gasteiger partial charge in [-0.15, -0.1) is 0 Å². The maximum Gasteiger partial charge on any atom is 0.00822 e. The minimum absolute atomic E-state index is 0.0317. The van der Waals surface area contributed by atoms with Crippen molar-refractivity contribution in [2.75, 3.05) is 6.54 Å². The normalized spacial score (nSPS) is 19.6. The van der Waals surface area contributed by atoms with Gasteiger partial charge in [0, 0.05) is 17.5 Å². The number of unbranched alkanes of at least 4 members (excludes halogenated alkanes) is 2. The van der Waals surface area contributed by atoms with E-state index in [-0.39, 0.29) is 17.5 Å². The molecule has 0 amide bonds. The zero-order valence-corrected chi connectivity index (χ0v) is 10.6. The molecule has 2 atom stereocenters. The third-order valence-corrected chi connectivity index (χ3v) is 3.67. The van der Waals surface area contributed by atoms with Crippen LogP contribution in [-0.4, -0.2) is 18.6 Å². The Balaban J connectivity index is 4.48. The average molecular weight is 215 g/mol. The molecular formula is C12H29N3. The van der Waals surface area contributed by atoms with E-state index in [4.69, 9.17) is 17.2 Å². The zero-order valence-electron chi connectivity index (χ0n) is 10.6. The lowest BCUT2D eigenvalue weighted by Crippen LogP contribution is -2.52. The molecule has 0 fully saturated rings. The van der Waals surface area contributed by atoms with Crippen molar-refractivity contribution in [2.45, 2.75) is 65.0 Å². The first-order valence-electron chi connectivity index (χ1n) is 6.22. The lowest BCUT2D eigenvalue weighted by atomic mass is 9.69. The summed E-state index contributed by atoms with van der Waals surface area (Å²) in [6.07, 6.45) is 5.74. The van der Waals surface area contributed by atoms with Crippen LogP contribution < -0.4 is 17.2 Å². The van der Waals surface area contributed by atoms with Crippen molar-refractivity contribution >= 4 is 0 Å². The third kappa shape index (κ3) is 4.09. The van der Waals surface area contributed by atoms with Gasteiger partial charge in [0.15, 0.2) is 0 Å². The Bertz CT molecular complexity index is 147. The molecule has 0 rings (SSSR count). The molecule has 0 bridgehead atoms. The van der Waals surface area contributed by atoms with Crippen LogP contribution >= 0.6 is 0 Å². The molecule has 0 aliphatic carbocycles. The number of hydrogen-bond acceptors (Lipinski definition) is 3. The monoisotopic (exact) mass is 215 g/mol. The smallest absolute Gasteiger partial charge is 0.00822 e. The summed E-state index contributed by atoms with van der Waals surface area (Å²) in [6.45, 7) is 7.01. The molecule has 0 heterocycles. The molecule has 0 saturated carbocycles. The Morgan fingerprint density at radius 1 is 1.00 bits per heavy atom. The van der Waals surface area contributed by atoms with Crippen LogP contribution in [0, 0.1) is 5.41 Å². The topological polar surface area (TPSA) is 78.1 Å². The summed E-state index contributed by atoms with van der Waals surface area (Å²) in [5.41, 5.74) is 17.9. The van der Waals surface area contributed by atoms with Gasteiger partial charge in [-0.3, -0.25) is 0 Å². The van der Waals surface area contributed by atoms with Gasteiger partial charge in [-0.2, -0.15) is 0 Å². The molecule has 0 aromatic carbocycles. The summed E-state index contributed by atoms with van der Waals surface area (Å²) >= 11 is 0. The molecule has 0 aromatic rings. The van der Waals surface area contributed by atoms with Gasteiger partial charge in [0.25, 0.3) is 0 Å². The summed E-state index contributed by atoms with van der Waals surface area (Å²) in [5, 5.41) is 0. The van der Waals surface area contributed by atoms with Gasteiger partial charge >= 0.3 is 0 Å². The summed E-state index contributed by atoms with van der Waals surface area (Å²) in [7, 11) is 0. The fraction of sp³-hybridized carbons (Fsp3) is 1.00. The van der Waals surface area contributed by atoms with Crippen molar-refractivity contribution in [3.05, 3.63) is 0 Å². The highest BCUT2D eigenvalue weighted by atomic mass is 14.8. The molecule has 2 unspecified atom stereocenters. The quantitative estimate of drug-likeness (QED) is 0.538. The first-order chi connectivity index (χ1) is 7.01. The highest BCUT2D eigenvalue weighted by Gasteiger charge is 2.36. The Hall–Kier alpha value is -0.120. The van der Waals surface area contributed by atoms with Gasteiger partial charge in [-0.1, -0.05) is 26.2 Å². The zero-order chi connectivity index (χ0) is 11.9. The molecule has 0 aliphatic heterocycles. The first kappa shape index (κ1) is 14.9. The van der Waals surface area contributed by atoms with Crippen molar-refractivity contribution < 1.29 is 0 Å². The molecule has 3 heteroatoms. The molecule has 0 aromatic heterocycles. The van der Waals surface area contributed by atoms with Crippen molar-refractivity contribution in [2.24, 2.45) is 22.6 Å². The number of nitrogens with two attached hydrogens (primary N) is 3. The van der Waals surface area contributed by atoms with E-state index in [0.29, 0.717) is 6.54 Å². The van der Waals surface area contributed by atoms with E-state index < -0.39 is 0 Å². The molecule has 0 spiro atoms.